The number of hydrogen-bond donors (Lipinski definition) is 4. The zero-order valence-electron chi connectivity index (χ0n) is 9.07. The average molecular weight is 223 g/mol. The molecule has 16 heavy (non-hydrogen) atoms. The number of phenols is 1. The lowest BCUT2D eigenvalue weighted by molar-refractivity contribution is -0.120. The maximum absolute atomic E-state index is 11.4. The summed E-state index contributed by atoms with van der Waals surface area (Å²) in [6, 6.07) is 4.80. The standard InChI is InChI=1S/C11H17N3O2/c12-4-1-5-14-11(16)7-8-2-3-9(13)10(15)6-8/h2-3,6,15H,1,4-5,7,12-13H2,(H,14,16). The number of carbonyl (C=O) groups excluding carboxylic acids is 1. The fourth-order valence-corrected chi connectivity index (χ4v) is 1.28. The Balaban J connectivity index is 2.46. The first-order valence-corrected chi connectivity index (χ1v) is 5.17. The van der Waals surface area contributed by atoms with Crippen molar-refractivity contribution in [2.45, 2.75) is 12.8 Å². The summed E-state index contributed by atoms with van der Waals surface area (Å²) < 4.78 is 0. The molecule has 0 aromatic heterocycles. The Morgan fingerprint density at radius 3 is 2.81 bits per heavy atom. The Morgan fingerprint density at radius 1 is 1.44 bits per heavy atom. The summed E-state index contributed by atoms with van der Waals surface area (Å²) >= 11 is 0. The number of nitrogen functional groups attached to an aromatic ring is 1. The molecule has 0 heterocycles. The summed E-state index contributed by atoms with van der Waals surface area (Å²) in [7, 11) is 0. The number of amides is 1. The lowest BCUT2D eigenvalue weighted by Crippen LogP contribution is -2.27. The van der Waals surface area contributed by atoms with Gasteiger partial charge in [-0.3, -0.25) is 4.79 Å². The van der Waals surface area contributed by atoms with Gasteiger partial charge in [0.2, 0.25) is 5.91 Å². The van der Waals surface area contributed by atoms with Crippen molar-refractivity contribution in [1.29, 1.82) is 0 Å². The van der Waals surface area contributed by atoms with Gasteiger partial charge in [-0.05, 0) is 30.7 Å². The molecule has 0 fully saturated rings. The Labute approximate surface area is 94.4 Å². The number of anilines is 1. The van der Waals surface area contributed by atoms with E-state index in [1.165, 1.54) is 6.07 Å². The molecule has 5 heteroatoms. The molecule has 0 radical (unpaired) electrons. The van der Waals surface area contributed by atoms with Crippen LogP contribution in [0.5, 0.6) is 5.75 Å². The molecule has 0 aliphatic heterocycles. The van der Waals surface area contributed by atoms with Gasteiger partial charge >= 0.3 is 0 Å². The minimum absolute atomic E-state index is 0.00672. The van der Waals surface area contributed by atoms with Crippen LogP contribution in [0.3, 0.4) is 0 Å². The quantitative estimate of drug-likeness (QED) is 0.320. The Morgan fingerprint density at radius 2 is 2.19 bits per heavy atom. The van der Waals surface area contributed by atoms with Gasteiger partial charge in [0.1, 0.15) is 5.75 Å². The average Bonchev–Trinajstić information content (AvgIpc) is 2.24. The molecule has 1 aromatic carbocycles. The molecule has 1 rings (SSSR count). The second kappa shape index (κ2) is 5.97. The molecule has 0 aliphatic carbocycles. The van der Waals surface area contributed by atoms with E-state index in [0.717, 1.165) is 12.0 Å². The van der Waals surface area contributed by atoms with Gasteiger partial charge in [0.15, 0.2) is 0 Å². The van der Waals surface area contributed by atoms with Crippen LogP contribution in [0, 0.1) is 0 Å². The van der Waals surface area contributed by atoms with Crippen molar-refractivity contribution in [1.82, 2.24) is 5.32 Å². The number of nitrogens with two attached hydrogens (primary N) is 2. The second-order valence-electron chi connectivity index (χ2n) is 3.56. The molecule has 1 amide bonds. The summed E-state index contributed by atoms with van der Waals surface area (Å²) in [6.45, 7) is 1.14. The molecular weight excluding hydrogens is 206 g/mol. The lowest BCUT2D eigenvalue weighted by Gasteiger charge is -2.05. The van der Waals surface area contributed by atoms with Crippen molar-refractivity contribution in [3.8, 4) is 5.75 Å². The van der Waals surface area contributed by atoms with Crippen LogP contribution in [-0.2, 0) is 11.2 Å². The SMILES string of the molecule is NCCCNC(=O)Cc1ccc(N)c(O)c1. The fourth-order valence-electron chi connectivity index (χ4n) is 1.28. The van der Waals surface area contributed by atoms with Gasteiger partial charge in [0.05, 0.1) is 12.1 Å². The first-order valence-electron chi connectivity index (χ1n) is 5.17. The van der Waals surface area contributed by atoms with Crippen molar-refractivity contribution in [3.05, 3.63) is 23.8 Å². The lowest BCUT2D eigenvalue weighted by atomic mass is 10.1. The molecule has 1 aromatic rings. The molecule has 88 valence electrons. The Bertz CT molecular complexity index is 366. The molecule has 0 unspecified atom stereocenters. The zero-order chi connectivity index (χ0) is 12.0. The second-order valence-corrected chi connectivity index (χ2v) is 3.56. The van der Waals surface area contributed by atoms with Gasteiger partial charge in [-0.1, -0.05) is 6.07 Å². The molecule has 0 atom stereocenters. The molecular formula is C11H17N3O2. The van der Waals surface area contributed by atoms with E-state index in [1.54, 1.807) is 12.1 Å². The van der Waals surface area contributed by atoms with Gasteiger partial charge < -0.3 is 21.9 Å². The molecule has 0 saturated carbocycles. The number of rotatable bonds is 5. The van der Waals surface area contributed by atoms with E-state index in [0.29, 0.717) is 18.8 Å². The smallest absolute Gasteiger partial charge is 0.224 e. The third kappa shape index (κ3) is 3.78. The molecule has 5 nitrogen and oxygen atoms in total. The van der Waals surface area contributed by atoms with Gasteiger partial charge in [0, 0.05) is 6.54 Å². The first-order chi connectivity index (χ1) is 7.63. The van der Waals surface area contributed by atoms with E-state index in [2.05, 4.69) is 5.32 Å². The van der Waals surface area contributed by atoms with E-state index < -0.39 is 0 Å². The summed E-state index contributed by atoms with van der Waals surface area (Å²) in [6.07, 6.45) is 0.997. The van der Waals surface area contributed by atoms with Crippen LogP contribution in [-0.4, -0.2) is 24.1 Å². The van der Waals surface area contributed by atoms with Crippen LogP contribution < -0.4 is 16.8 Å². The van der Waals surface area contributed by atoms with Crippen molar-refractivity contribution in [2.24, 2.45) is 5.73 Å². The predicted octanol–water partition coefficient (Wildman–Crippen LogP) is -0.0181. The van der Waals surface area contributed by atoms with Crippen molar-refractivity contribution >= 4 is 11.6 Å². The van der Waals surface area contributed by atoms with E-state index in [4.69, 9.17) is 11.5 Å². The molecule has 0 spiro atoms. The summed E-state index contributed by atoms with van der Waals surface area (Å²) in [5, 5.41) is 12.1. The highest BCUT2D eigenvalue weighted by Crippen LogP contribution is 2.20. The highest BCUT2D eigenvalue weighted by Gasteiger charge is 2.04. The van der Waals surface area contributed by atoms with Gasteiger partial charge in [0.25, 0.3) is 0 Å². The monoisotopic (exact) mass is 223 g/mol. The van der Waals surface area contributed by atoms with Crippen LogP contribution in [0.25, 0.3) is 0 Å². The minimum Gasteiger partial charge on any atom is -0.506 e. The Kier molecular flexibility index (Phi) is 4.60. The third-order valence-corrected chi connectivity index (χ3v) is 2.16. The summed E-state index contributed by atoms with van der Waals surface area (Å²) in [5.41, 5.74) is 11.8. The van der Waals surface area contributed by atoms with Crippen molar-refractivity contribution < 1.29 is 9.90 Å². The maximum Gasteiger partial charge on any atom is 0.224 e. The van der Waals surface area contributed by atoms with E-state index in [1.807, 2.05) is 0 Å². The number of carbonyl (C=O) groups is 1. The summed E-state index contributed by atoms with van der Waals surface area (Å²) in [5.74, 6) is -0.0788. The van der Waals surface area contributed by atoms with Gasteiger partial charge in [-0.2, -0.15) is 0 Å². The predicted molar refractivity (Wildman–Crippen MR) is 62.9 cm³/mol. The number of nitrogens with one attached hydrogen (secondary N) is 1. The molecule has 0 saturated heterocycles. The van der Waals surface area contributed by atoms with Crippen LogP contribution >= 0.6 is 0 Å². The van der Waals surface area contributed by atoms with Gasteiger partial charge in [-0.15, -0.1) is 0 Å². The zero-order valence-corrected chi connectivity index (χ0v) is 9.07. The number of benzene rings is 1. The molecule has 0 bridgehead atoms. The third-order valence-electron chi connectivity index (χ3n) is 2.16. The van der Waals surface area contributed by atoms with Gasteiger partial charge in [-0.25, -0.2) is 0 Å². The van der Waals surface area contributed by atoms with Crippen LogP contribution in [0.2, 0.25) is 0 Å². The normalized spacial score (nSPS) is 10.1. The molecule has 6 N–H and O–H groups in total. The van der Waals surface area contributed by atoms with E-state index in [9.17, 15) is 9.90 Å². The number of phenolic OH excluding ortho intramolecular Hbond substituents is 1. The first kappa shape index (κ1) is 12.3. The van der Waals surface area contributed by atoms with Crippen LogP contribution in [0.4, 0.5) is 5.69 Å². The fraction of sp³-hybridized carbons (Fsp3) is 0.364. The summed E-state index contributed by atoms with van der Waals surface area (Å²) in [4.78, 5) is 11.4. The van der Waals surface area contributed by atoms with Crippen LogP contribution in [0.1, 0.15) is 12.0 Å². The maximum atomic E-state index is 11.4. The van der Waals surface area contributed by atoms with Crippen molar-refractivity contribution in [3.63, 3.8) is 0 Å². The van der Waals surface area contributed by atoms with Crippen LogP contribution in [0.15, 0.2) is 18.2 Å². The largest absolute Gasteiger partial charge is 0.506 e. The highest BCUT2D eigenvalue weighted by molar-refractivity contribution is 5.78. The highest BCUT2D eigenvalue weighted by atomic mass is 16.3. The van der Waals surface area contributed by atoms with E-state index >= 15 is 0 Å². The number of hydrogen-bond acceptors (Lipinski definition) is 4. The number of aromatic hydroxyl groups is 1. The van der Waals surface area contributed by atoms with Crippen molar-refractivity contribution in [2.75, 3.05) is 18.8 Å². The van der Waals surface area contributed by atoms with E-state index in [-0.39, 0.29) is 18.1 Å². The molecule has 0 aliphatic rings. The topological polar surface area (TPSA) is 101 Å². The minimum atomic E-state index is -0.0855. The Hall–Kier alpha value is -1.75.